The molecule has 3 aliphatic rings. The van der Waals surface area contributed by atoms with Gasteiger partial charge >= 0.3 is 94.9 Å². The number of rotatable bonds is 0. The molecule has 1 nitrogen and oxygen atoms in total. The molecule has 0 aromatic heterocycles. The number of halogens is 1. The summed E-state index contributed by atoms with van der Waals surface area (Å²) in [5, 5.41) is 0. The Morgan fingerprint density at radius 2 is 2.14 bits per heavy atom. The Morgan fingerprint density at radius 3 is 2.71 bits per heavy atom. The summed E-state index contributed by atoms with van der Waals surface area (Å²) in [5.74, 6) is 0.906. The van der Waals surface area contributed by atoms with Crippen molar-refractivity contribution in [1.29, 1.82) is 0 Å². The first-order valence-corrected chi connectivity index (χ1v) is 13.4. The molecule has 1 spiro atoms. The quantitative estimate of drug-likeness (QED) is 0.618. The fraction of sp³-hybridized carbons (Fsp3) is 1.00. The molecule has 2 saturated carbocycles. The summed E-state index contributed by atoms with van der Waals surface area (Å²) in [4.78, 5) is 2.22. The summed E-state index contributed by atoms with van der Waals surface area (Å²) in [6.45, 7) is 4.91. The van der Waals surface area contributed by atoms with Crippen LogP contribution in [0, 0.1) is 16.7 Å². The Balaban J connectivity index is 2.04. The summed E-state index contributed by atoms with van der Waals surface area (Å²) in [6, 6.07) is 0. The van der Waals surface area contributed by atoms with E-state index >= 15 is 0 Å². The van der Waals surface area contributed by atoms with Crippen molar-refractivity contribution in [2.45, 2.75) is 48.7 Å². The van der Waals surface area contributed by atoms with Crippen molar-refractivity contribution in [2.75, 3.05) is 0 Å². The summed E-state index contributed by atoms with van der Waals surface area (Å²) >= 11 is -2.34. The molecule has 1 heterocycles. The van der Waals surface area contributed by atoms with Crippen LogP contribution in [-0.4, -0.2) is 23.6 Å². The standard InChI is InChI=1S/C11H19ClOTe/c1-10(2)8-4-5-11(10)7-14(3,12)13-9(11)6-8/h8-9H,4-7H2,1-3H3/t8-,9-,11-/m1/s1. The van der Waals surface area contributed by atoms with Crippen molar-refractivity contribution >= 4 is 26.4 Å². The molecule has 1 saturated heterocycles. The van der Waals surface area contributed by atoms with Crippen LogP contribution in [0.5, 0.6) is 0 Å². The third kappa shape index (κ3) is 1.02. The van der Waals surface area contributed by atoms with Gasteiger partial charge in [0, 0.05) is 0 Å². The van der Waals surface area contributed by atoms with Gasteiger partial charge in [0.25, 0.3) is 0 Å². The topological polar surface area (TPSA) is 9.23 Å². The van der Waals surface area contributed by atoms with Gasteiger partial charge in [-0.2, -0.15) is 0 Å². The second-order valence-electron chi connectivity index (χ2n) is 5.98. The maximum absolute atomic E-state index is 6.55. The van der Waals surface area contributed by atoms with Crippen LogP contribution in [0.4, 0.5) is 0 Å². The van der Waals surface area contributed by atoms with Crippen LogP contribution >= 0.6 is 8.96 Å². The minimum atomic E-state index is -2.34. The van der Waals surface area contributed by atoms with Crippen molar-refractivity contribution in [3.05, 3.63) is 0 Å². The van der Waals surface area contributed by atoms with Crippen molar-refractivity contribution < 1.29 is 3.10 Å². The van der Waals surface area contributed by atoms with Crippen LogP contribution in [0.25, 0.3) is 0 Å². The number of hydrogen-bond donors (Lipinski definition) is 0. The van der Waals surface area contributed by atoms with E-state index in [0.29, 0.717) is 16.9 Å². The molecule has 1 aliphatic heterocycles. The molecule has 1 unspecified atom stereocenters. The SMILES string of the molecule is CC1(C)[C@@H]2CC[C@]13C[Te](C)(Cl)O[C@@H]3C2. The molecular formula is C11H19ClOTe. The van der Waals surface area contributed by atoms with Gasteiger partial charge in [-0.1, -0.05) is 0 Å². The molecule has 3 rings (SSSR count). The first-order chi connectivity index (χ1) is 6.37. The monoisotopic (exact) mass is 332 g/mol. The molecule has 2 bridgehead atoms. The zero-order chi connectivity index (χ0) is 10.2. The molecule has 4 atom stereocenters. The Labute approximate surface area is 94.6 Å². The second kappa shape index (κ2) is 2.65. The average molecular weight is 330 g/mol. The van der Waals surface area contributed by atoms with Crippen molar-refractivity contribution in [2.24, 2.45) is 16.7 Å². The van der Waals surface area contributed by atoms with Gasteiger partial charge < -0.3 is 0 Å². The van der Waals surface area contributed by atoms with Crippen molar-refractivity contribution in [3.63, 3.8) is 0 Å². The first-order valence-electron chi connectivity index (χ1n) is 5.51. The van der Waals surface area contributed by atoms with Crippen molar-refractivity contribution in [1.82, 2.24) is 0 Å². The van der Waals surface area contributed by atoms with E-state index in [1.54, 1.807) is 0 Å². The third-order valence-corrected chi connectivity index (χ3v) is 11.2. The van der Waals surface area contributed by atoms with E-state index in [9.17, 15) is 0 Å². The normalized spacial score (nSPS) is 63.7. The molecule has 0 radical (unpaired) electrons. The predicted molar refractivity (Wildman–Crippen MR) is 60.7 cm³/mol. The molecule has 0 N–H and O–H groups in total. The molecular weight excluding hydrogens is 311 g/mol. The second-order valence-corrected chi connectivity index (χ2v) is 16.9. The van der Waals surface area contributed by atoms with E-state index in [1.807, 2.05) is 0 Å². The van der Waals surface area contributed by atoms with Gasteiger partial charge in [-0.15, -0.1) is 0 Å². The van der Waals surface area contributed by atoms with Gasteiger partial charge in [0.1, 0.15) is 0 Å². The summed E-state index contributed by atoms with van der Waals surface area (Å²) in [6.07, 6.45) is 4.62. The fourth-order valence-electron chi connectivity index (χ4n) is 4.21. The maximum atomic E-state index is 6.55. The van der Waals surface area contributed by atoms with E-state index < -0.39 is 17.5 Å². The predicted octanol–water partition coefficient (Wildman–Crippen LogP) is 3.52. The van der Waals surface area contributed by atoms with Gasteiger partial charge in [0.15, 0.2) is 0 Å². The molecule has 3 heteroatoms. The fourth-order valence-corrected chi connectivity index (χ4v) is 13.1. The van der Waals surface area contributed by atoms with Crippen LogP contribution < -0.4 is 0 Å². The Bertz CT molecular complexity index is 289. The minimum absolute atomic E-state index is 0.481. The van der Waals surface area contributed by atoms with E-state index in [2.05, 4.69) is 18.8 Å². The van der Waals surface area contributed by atoms with Crippen molar-refractivity contribution in [3.8, 4) is 0 Å². The van der Waals surface area contributed by atoms with Gasteiger partial charge in [-0.25, -0.2) is 0 Å². The molecule has 82 valence electrons. The van der Waals surface area contributed by atoms with E-state index in [0.717, 1.165) is 5.92 Å². The summed E-state index contributed by atoms with van der Waals surface area (Å²) in [7, 11) is 6.55. The van der Waals surface area contributed by atoms with Gasteiger partial charge in [-0.3, -0.25) is 0 Å². The Kier molecular flexibility index (Phi) is 1.93. The van der Waals surface area contributed by atoms with Crippen LogP contribution in [0.3, 0.4) is 0 Å². The summed E-state index contributed by atoms with van der Waals surface area (Å²) < 4.78 is 7.43. The average Bonchev–Trinajstić information content (AvgIpc) is 2.50. The first kappa shape index (κ1) is 10.2. The molecule has 0 aromatic carbocycles. The van der Waals surface area contributed by atoms with Gasteiger partial charge in [0.05, 0.1) is 0 Å². The Hall–Kier alpha value is 1.04. The van der Waals surface area contributed by atoms with E-state index in [-0.39, 0.29) is 0 Å². The van der Waals surface area contributed by atoms with Gasteiger partial charge in [0.2, 0.25) is 0 Å². The number of hydrogen-bond acceptors (Lipinski definition) is 1. The van der Waals surface area contributed by atoms with Gasteiger partial charge in [-0.05, 0) is 0 Å². The van der Waals surface area contributed by atoms with Crippen LogP contribution in [0.1, 0.15) is 33.1 Å². The Morgan fingerprint density at radius 1 is 1.43 bits per heavy atom. The summed E-state index contributed by atoms with van der Waals surface area (Å²) in [5.41, 5.74) is 0.978. The molecule has 3 fully saturated rings. The zero-order valence-corrected chi connectivity index (χ0v) is 12.3. The number of fused-ring (bicyclic) bond motifs is 1. The van der Waals surface area contributed by atoms with E-state index in [1.165, 1.54) is 23.7 Å². The third-order valence-electron chi connectivity index (χ3n) is 5.19. The van der Waals surface area contributed by atoms with Crippen LogP contribution in [-0.2, 0) is 3.10 Å². The molecule has 0 aromatic rings. The zero-order valence-electron chi connectivity index (χ0n) is 9.18. The molecule has 14 heavy (non-hydrogen) atoms. The molecule has 2 aliphatic carbocycles. The van der Waals surface area contributed by atoms with E-state index in [4.69, 9.17) is 12.1 Å². The van der Waals surface area contributed by atoms with Crippen LogP contribution in [0.2, 0.25) is 9.44 Å². The van der Waals surface area contributed by atoms with Crippen LogP contribution in [0.15, 0.2) is 0 Å². The molecule has 0 amide bonds.